The molecule has 1 saturated carbocycles. The topological polar surface area (TPSA) is 111 Å². The highest BCUT2D eigenvalue weighted by molar-refractivity contribution is 7.89. The molecule has 4 N–H and O–H groups in total. The van der Waals surface area contributed by atoms with E-state index in [1.165, 1.54) is 43.0 Å². The lowest BCUT2D eigenvalue weighted by Gasteiger charge is -2.56. The Morgan fingerprint density at radius 2 is 1.80 bits per heavy atom. The van der Waals surface area contributed by atoms with Gasteiger partial charge in [-0.15, -0.1) is 0 Å². The molecule has 0 radical (unpaired) electrons. The molecule has 3 aliphatic rings. The van der Waals surface area contributed by atoms with Crippen LogP contribution in [0.1, 0.15) is 44.2 Å². The quantitative estimate of drug-likeness (QED) is 0.287. The monoisotopic (exact) mass is 659 g/mol. The first kappa shape index (κ1) is 32.5. The van der Waals surface area contributed by atoms with E-state index in [1.807, 2.05) is 6.07 Å². The SMILES string of the molecule is COc1cc(S(N)(=O)=O)ccc1NCC#Cc1cc2c(N[C@H]3CC[C@@H](N4CC5(CCOCC5)C4)CC3)cccc2n1CC(F)(F)F. The molecule has 0 atom stereocenters. The molecule has 2 aliphatic heterocycles. The van der Waals surface area contributed by atoms with Crippen LogP contribution in [0.3, 0.4) is 0 Å². The number of ether oxygens (including phenoxy) is 2. The van der Waals surface area contributed by atoms with Crippen LogP contribution in [0.25, 0.3) is 10.9 Å². The van der Waals surface area contributed by atoms with Crippen LogP contribution >= 0.6 is 0 Å². The van der Waals surface area contributed by atoms with Gasteiger partial charge in [0, 0.05) is 60.9 Å². The molecule has 3 aromatic rings. The number of anilines is 2. The van der Waals surface area contributed by atoms with Gasteiger partial charge < -0.3 is 24.7 Å². The van der Waals surface area contributed by atoms with Crippen molar-refractivity contribution in [2.75, 3.05) is 50.6 Å². The largest absolute Gasteiger partial charge is 0.495 e. The number of hydrogen-bond acceptors (Lipinski definition) is 7. The molecule has 0 bridgehead atoms. The minimum atomic E-state index is -4.43. The molecule has 46 heavy (non-hydrogen) atoms. The van der Waals surface area contributed by atoms with Crippen LogP contribution in [-0.2, 0) is 21.3 Å². The second-order valence-electron chi connectivity index (χ2n) is 12.7. The Labute approximate surface area is 267 Å². The van der Waals surface area contributed by atoms with Crippen LogP contribution in [0.5, 0.6) is 5.75 Å². The number of rotatable bonds is 8. The van der Waals surface area contributed by atoms with Gasteiger partial charge in [0.25, 0.3) is 0 Å². The lowest BCUT2D eigenvalue weighted by Crippen LogP contribution is -2.62. The molecule has 1 aromatic heterocycles. The third-order valence-electron chi connectivity index (χ3n) is 9.57. The zero-order chi connectivity index (χ0) is 32.5. The minimum absolute atomic E-state index is 0.0822. The van der Waals surface area contributed by atoms with Gasteiger partial charge >= 0.3 is 6.18 Å². The lowest BCUT2D eigenvalue weighted by molar-refractivity contribution is -0.140. The summed E-state index contributed by atoms with van der Waals surface area (Å²) in [5.41, 5.74) is 2.46. The highest BCUT2D eigenvalue weighted by Gasteiger charge is 2.46. The van der Waals surface area contributed by atoms with E-state index in [-0.39, 0.29) is 28.9 Å². The van der Waals surface area contributed by atoms with Gasteiger partial charge in [0.1, 0.15) is 12.3 Å². The molecule has 6 rings (SSSR count). The molecule has 2 aromatic carbocycles. The molecule has 13 heteroatoms. The van der Waals surface area contributed by atoms with Gasteiger partial charge in [-0.25, -0.2) is 13.6 Å². The van der Waals surface area contributed by atoms with Gasteiger partial charge in [0.2, 0.25) is 10.0 Å². The number of nitrogens with zero attached hydrogens (tertiary/aromatic N) is 2. The van der Waals surface area contributed by atoms with Crippen LogP contribution in [0.2, 0.25) is 0 Å². The van der Waals surface area contributed by atoms with E-state index in [0.717, 1.165) is 57.4 Å². The summed E-state index contributed by atoms with van der Waals surface area (Å²) >= 11 is 0. The van der Waals surface area contributed by atoms with E-state index in [4.69, 9.17) is 14.6 Å². The molecule has 0 amide bonds. The Kier molecular flexibility index (Phi) is 9.17. The highest BCUT2D eigenvalue weighted by atomic mass is 32.2. The number of alkyl halides is 3. The Morgan fingerprint density at radius 1 is 1.07 bits per heavy atom. The molecule has 3 heterocycles. The molecule has 1 spiro atoms. The molecule has 2 saturated heterocycles. The van der Waals surface area contributed by atoms with Crippen molar-refractivity contribution < 1.29 is 31.1 Å². The lowest BCUT2D eigenvalue weighted by atomic mass is 9.71. The van der Waals surface area contributed by atoms with Crippen molar-refractivity contribution in [1.82, 2.24) is 9.47 Å². The zero-order valence-corrected chi connectivity index (χ0v) is 26.6. The van der Waals surface area contributed by atoms with Crippen molar-refractivity contribution in [2.45, 2.75) is 68.2 Å². The third-order valence-corrected chi connectivity index (χ3v) is 10.5. The average molecular weight is 660 g/mol. The highest BCUT2D eigenvalue weighted by Crippen LogP contribution is 2.43. The van der Waals surface area contributed by atoms with Crippen molar-refractivity contribution in [3.8, 4) is 17.6 Å². The van der Waals surface area contributed by atoms with Gasteiger partial charge in [-0.05, 0) is 74.8 Å². The molecule has 1 aliphatic carbocycles. The number of sulfonamides is 1. The molecular weight excluding hydrogens is 619 g/mol. The number of nitrogens with two attached hydrogens (primary N) is 1. The maximum Gasteiger partial charge on any atom is 0.406 e. The maximum absolute atomic E-state index is 13.7. The number of likely N-dealkylation sites (tertiary alicyclic amines) is 1. The van der Waals surface area contributed by atoms with E-state index in [1.54, 1.807) is 18.2 Å². The first-order chi connectivity index (χ1) is 21.9. The van der Waals surface area contributed by atoms with E-state index >= 15 is 0 Å². The summed E-state index contributed by atoms with van der Waals surface area (Å²) in [5.74, 6) is 6.06. The number of benzene rings is 2. The Bertz CT molecular complexity index is 1730. The van der Waals surface area contributed by atoms with Gasteiger partial charge in [-0.2, -0.15) is 13.2 Å². The number of halogens is 3. The summed E-state index contributed by atoms with van der Waals surface area (Å²) in [6.07, 6.45) is 2.12. The zero-order valence-electron chi connectivity index (χ0n) is 25.8. The van der Waals surface area contributed by atoms with Crippen LogP contribution in [0.15, 0.2) is 47.4 Å². The summed E-state index contributed by atoms with van der Waals surface area (Å²) in [4.78, 5) is 2.53. The third kappa shape index (κ3) is 7.25. The fraction of sp³-hybridized carbons (Fsp3) is 0.515. The van der Waals surface area contributed by atoms with Crippen LogP contribution in [0, 0.1) is 17.3 Å². The smallest absolute Gasteiger partial charge is 0.406 e. The van der Waals surface area contributed by atoms with Crippen molar-refractivity contribution in [1.29, 1.82) is 0 Å². The number of hydrogen-bond donors (Lipinski definition) is 3. The first-order valence-corrected chi connectivity index (χ1v) is 17.2. The molecule has 248 valence electrons. The Balaban J connectivity index is 1.14. The summed E-state index contributed by atoms with van der Waals surface area (Å²) in [7, 11) is -2.52. The number of methoxy groups -OCH3 is 1. The molecule has 3 fully saturated rings. The van der Waals surface area contributed by atoms with Crippen molar-refractivity contribution >= 4 is 32.3 Å². The fourth-order valence-electron chi connectivity index (χ4n) is 7.13. The summed E-state index contributed by atoms with van der Waals surface area (Å²) < 4.78 is 76.4. The van der Waals surface area contributed by atoms with E-state index in [0.29, 0.717) is 28.0 Å². The van der Waals surface area contributed by atoms with Gasteiger partial charge in [0.15, 0.2) is 0 Å². The predicted molar refractivity (Wildman–Crippen MR) is 171 cm³/mol. The summed E-state index contributed by atoms with van der Waals surface area (Å²) in [6, 6.07) is 12.1. The number of fused-ring (bicyclic) bond motifs is 1. The second-order valence-corrected chi connectivity index (χ2v) is 14.3. The number of aromatic nitrogens is 1. The van der Waals surface area contributed by atoms with Gasteiger partial charge in [-0.1, -0.05) is 12.0 Å². The van der Waals surface area contributed by atoms with Crippen LogP contribution < -0.4 is 20.5 Å². The Hall–Kier alpha value is -3.44. The molecule has 9 nitrogen and oxygen atoms in total. The second kappa shape index (κ2) is 13.0. The summed E-state index contributed by atoms with van der Waals surface area (Å²) in [5, 5.41) is 12.6. The fourth-order valence-corrected chi connectivity index (χ4v) is 7.66. The van der Waals surface area contributed by atoms with E-state index < -0.39 is 22.7 Å². The van der Waals surface area contributed by atoms with Crippen LogP contribution in [0.4, 0.5) is 24.5 Å². The van der Waals surface area contributed by atoms with Crippen LogP contribution in [-0.4, -0.2) is 76.1 Å². The van der Waals surface area contributed by atoms with Crippen molar-refractivity contribution in [3.05, 3.63) is 48.2 Å². The Morgan fingerprint density at radius 3 is 2.48 bits per heavy atom. The van der Waals surface area contributed by atoms with Gasteiger partial charge in [-0.3, -0.25) is 4.90 Å². The maximum atomic E-state index is 13.7. The average Bonchev–Trinajstić information content (AvgIpc) is 3.35. The minimum Gasteiger partial charge on any atom is -0.495 e. The van der Waals surface area contributed by atoms with Crippen molar-refractivity contribution in [2.24, 2.45) is 10.6 Å². The van der Waals surface area contributed by atoms with Crippen molar-refractivity contribution in [3.63, 3.8) is 0 Å². The molecule has 0 unspecified atom stereocenters. The first-order valence-electron chi connectivity index (χ1n) is 15.6. The van der Waals surface area contributed by atoms with E-state index in [9.17, 15) is 21.6 Å². The normalized spacial score (nSPS) is 21.8. The standard InChI is InChI=1S/C33H40F3N5O4S/c1-44-31-19-26(46(37,42)43)11-12-29(31)38-15-3-4-25-18-27-28(5-2-6-30(27)41(25)22-33(34,35)36)39-23-7-9-24(10-8-23)40-20-32(21-40)13-16-45-17-14-32/h2,5-6,11-12,18-19,23-24,38-39H,7-10,13-17,20-22H2,1H3,(H2,37,42,43)/t23-,24+. The summed E-state index contributed by atoms with van der Waals surface area (Å²) in [6.45, 7) is 3.01. The predicted octanol–water partition coefficient (Wildman–Crippen LogP) is 5.16. The van der Waals surface area contributed by atoms with E-state index in [2.05, 4.69) is 27.4 Å². The molecular formula is C33H40F3N5O4S. The van der Waals surface area contributed by atoms with Gasteiger partial charge in [0.05, 0.1) is 35.4 Å². The number of nitrogens with one attached hydrogen (secondary N) is 2. The number of primary sulfonamides is 1.